The highest BCUT2D eigenvalue weighted by Gasteiger charge is 2.72. The second-order valence-corrected chi connectivity index (χ2v) is 22.2. The summed E-state index contributed by atoms with van der Waals surface area (Å²) in [7, 11) is 0. The molecule has 0 aromatic carbocycles. The van der Waals surface area contributed by atoms with E-state index in [-0.39, 0.29) is 69.9 Å². The molecule has 9 nitrogen and oxygen atoms in total. The number of hydrogen-bond donors (Lipinski definition) is 4. The number of nitrogens with one attached hydrogen (secondary N) is 1. The lowest BCUT2D eigenvalue weighted by Gasteiger charge is -2.69. The Morgan fingerprint density at radius 1 is 0.793 bits per heavy atom. The summed E-state index contributed by atoms with van der Waals surface area (Å²) < 4.78 is 6.32. The molecular formula is C49H88N4O5. The first-order valence-corrected chi connectivity index (χ1v) is 24.6. The van der Waals surface area contributed by atoms with Crippen LogP contribution < -0.4 is 11.1 Å². The Labute approximate surface area is 354 Å². The highest BCUT2D eigenvalue weighted by Crippen LogP contribution is 2.75. The van der Waals surface area contributed by atoms with Gasteiger partial charge < -0.3 is 35.8 Å². The van der Waals surface area contributed by atoms with E-state index in [2.05, 4.69) is 56.7 Å². The second kappa shape index (κ2) is 19.8. The van der Waals surface area contributed by atoms with Crippen molar-refractivity contribution in [3.8, 4) is 0 Å². The van der Waals surface area contributed by atoms with Crippen LogP contribution in [0.2, 0.25) is 0 Å². The smallest absolute Gasteiger partial charge is 0.302 e. The molecule has 9 heteroatoms. The summed E-state index contributed by atoms with van der Waals surface area (Å²) in [6, 6.07) is 0. The summed E-state index contributed by atoms with van der Waals surface area (Å²) in [5.41, 5.74) is 5.44. The van der Waals surface area contributed by atoms with E-state index in [0.29, 0.717) is 24.8 Å². The lowest BCUT2D eigenvalue weighted by Crippen LogP contribution is -2.66. The van der Waals surface area contributed by atoms with E-state index in [1.807, 2.05) is 0 Å². The van der Waals surface area contributed by atoms with Gasteiger partial charge in [-0.3, -0.25) is 9.59 Å². The van der Waals surface area contributed by atoms with Crippen molar-refractivity contribution in [1.82, 2.24) is 15.1 Å². The third-order valence-corrected chi connectivity index (χ3v) is 17.6. The average molecular weight is 813 g/mol. The lowest BCUT2D eigenvalue weighted by molar-refractivity contribution is -0.239. The predicted octanol–water partition coefficient (Wildman–Crippen LogP) is 7.66. The van der Waals surface area contributed by atoms with Gasteiger partial charge in [-0.15, -0.1) is 0 Å². The van der Waals surface area contributed by atoms with Gasteiger partial charge in [0.2, 0.25) is 5.91 Å². The van der Waals surface area contributed by atoms with Crippen molar-refractivity contribution in [2.45, 2.75) is 176 Å². The maximum absolute atomic E-state index is 14.7. The molecule has 6 fully saturated rings. The topological polar surface area (TPSA) is 128 Å². The van der Waals surface area contributed by atoms with E-state index in [1.54, 1.807) is 0 Å². The van der Waals surface area contributed by atoms with Crippen LogP contribution in [0, 0.1) is 69.5 Å². The van der Waals surface area contributed by atoms with E-state index < -0.39 is 6.10 Å². The number of aliphatic hydroxyl groups excluding tert-OH is 2. The van der Waals surface area contributed by atoms with Gasteiger partial charge in [0.25, 0.3) is 0 Å². The third-order valence-electron chi connectivity index (χ3n) is 17.6. The molecule has 58 heavy (non-hydrogen) atoms. The number of hydrogen-bond acceptors (Lipinski definition) is 8. The Hall–Kier alpha value is -1.26. The van der Waals surface area contributed by atoms with Crippen molar-refractivity contribution in [3.05, 3.63) is 0 Å². The summed E-state index contributed by atoms with van der Waals surface area (Å²) in [5, 5.41) is 26.8. The maximum atomic E-state index is 14.7. The van der Waals surface area contributed by atoms with Crippen LogP contribution in [0.25, 0.3) is 0 Å². The fourth-order valence-electron chi connectivity index (χ4n) is 14.1. The third kappa shape index (κ3) is 10.5. The van der Waals surface area contributed by atoms with Gasteiger partial charge in [0.1, 0.15) is 6.10 Å². The molecule has 0 spiro atoms. The Kier molecular flexibility index (Phi) is 15.8. The van der Waals surface area contributed by atoms with Crippen LogP contribution in [0.4, 0.5) is 0 Å². The Morgan fingerprint density at radius 3 is 2.00 bits per heavy atom. The predicted molar refractivity (Wildman–Crippen MR) is 234 cm³/mol. The van der Waals surface area contributed by atoms with Crippen LogP contribution in [-0.4, -0.2) is 103 Å². The number of aliphatic hydroxyl groups is 2. The average Bonchev–Trinajstić information content (AvgIpc) is 4.10. The van der Waals surface area contributed by atoms with Gasteiger partial charge >= 0.3 is 5.97 Å². The van der Waals surface area contributed by atoms with Gasteiger partial charge in [-0.25, -0.2) is 0 Å². The summed E-state index contributed by atoms with van der Waals surface area (Å²) in [5.74, 6) is 2.55. The fourth-order valence-corrected chi connectivity index (χ4v) is 14.1. The molecule has 0 aliphatic heterocycles. The van der Waals surface area contributed by atoms with Gasteiger partial charge in [0.15, 0.2) is 0 Å². The second-order valence-electron chi connectivity index (χ2n) is 22.2. The lowest BCUT2D eigenvalue weighted by atomic mass is 9.36. The fraction of sp³-hybridized carbons (Fsp3) is 0.959. The molecule has 1 amide bonds. The minimum absolute atomic E-state index is 0.0592. The monoisotopic (exact) mass is 813 g/mol. The quantitative estimate of drug-likeness (QED) is 0.0612. The first-order chi connectivity index (χ1) is 27.6. The number of esters is 1. The Morgan fingerprint density at radius 2 is 1.41 bits per heavy atom. The number of carbonyl (C=O) groups is 2. The molecule has 0 aromatic heterocycles. The van der Waals surface area contributed by atoms with Gasteiger partial charge in [0.05, 0.1) is 12.2 Å². The molecule has 6 aliphatic rings. The van der Waals surface area contributed by atoms with Crippen molar-refractivity contribution < 1.29 is 24.5 Å². The van der Waals surface area contributed by atoms with E-state index in [0.717, 1.165) is 102 Å². The molecule has 0 aromatic rings. The maximum Gasteiger partial charge on any atom is 0.302 e. The normalized spacial score (nSPS) is 37.7. The highest BCUT2D eigenvalue weighted by molar-refractivity contribution is 5.79. The van der Waals surface area contributed by atoms with Gasteiger partial charge in [0, 0.05) is 38.4 Å². The van der Waals surface area contributed by atoms with Crippen LogP contribution in [0.1, 0.15) is 158 Å². The molecule has 0 radical (unpaired) electrons. The van der Waals surface area contributed by atoms with Crippen molar-refractivity contribution >= 4 is 11.9 Å². The number of fused-ring (bicyclic) bond motifs is 5. The minimum Gasteiger partial charge on any atom is -0.462 e. The number of amides is 1. The van der Waals surface area contributed by atoms with E-state index >= 15 is 0 Å². The van der Waals surface area contributed by atoms with E-state index in [1.165, 1.54) is 65.1 Å². The van der Waals surface area contributed by atoms with Crippen molar-refractivity contribution in [1.29, 1.82) is 0 Å². The van der Waals surface area contributed by atoms with Crippen LogP contribution in [0.3, 0.4) is 0 Å². The van der Waals surface area contributed by atoms with Gasteiger partial charge in [-0.05, 0) is 187 Å². The van der Waals surface area contributed by atoms with Crippen LogP contribution in [0.15, 0.2) is 0 Å². The highest BCUT2D eigenvalue weighted by atomic mass is 16.5. The summed E-state index contributed by atoms with van der Waals surface area (Å²) in [6.45, 7) is 23.8. The number of unbranched alkanes of at least 4 members (excludes halogenated alkanes) is 1. The SMILES string of the molecule is CC(=O)O[C@H]1C[C@@]2(C)C(C[C@H](O)C3[C@@]4(C)CC[C@H](O)[C@H](C)C4CC[C@]32C)[C@@H]1[C@H](CCCC(C)C)C(=O)NCCCN(CCCCN(CCCN)CC1CC1)CC1CC1. The molecule has 0 saturated heterocycles. The number of ether oxygens (including phenoxy) is 1. The Balaban J connectivity index is 1.12. The number of nitrogens with two attached hydrogens (primary N) is 1. The zero-order chi connectivity index (χ0) is 41.8. The molecule has 0 bridgehead atoms. The first kappa shape index (κ1) is 46.2. The van der Waals surface area contributed by atoms with Crippen molar-refractivity contribution in [2.24, 2.45) is 75.2 Å². The number of rotatable bonds is 23. The summed E-state index contributed by atoms with van der Waals surface area (Å²) in [6.07, 6.45) is 16.8. The van der Waals surface area contributed by atoms with E-state index in [4.69, 9.17) is 10.5 Å². The molecule has 6 rings (SSSR count). The van der Waals surface area contributed by atoms with Crippen LogP contribution in [0.5, 0.6) is 0 Å². The van der Waals surface area contributed by atoms with Gasteiger partial charge in [-0.2, -0.15) is 0 Å². The zero-order valence-corrected chi connectivity index (χ0v) is 38.2. The molecule has 6 aliphatic carbocycles. The van der Waals surface area contributed by atoms with Crippen LogP contribution in [-0.2, 0) is 14.3 Å². The summed E-state index contributed by atoms with van der Waals surface area (Å²) in [4.78, 5) is 32.8. The largest absolute Gasteiger partial charge is 0.462 e. The minimum atomic E-state index is -0.485. The molecule has 5 N–H and O–H groups in total. The van der Waals surface area contributed by atoms with Crippen LogP contribution >= 0.6 is 0 Å². The molecule has 3 unspecified atom stereocenters. The molecule has 12 atom stereocenters. The first-order valence-electron chi connectivity index (χ1n) is 24.6. The number of carbonyl (C=O) groups excluding carboxylic acids is 2. The standard InChI is InChI=1S/C49H88N4O5/c1-33(2)13-10-14-38(46(57)51-24-12-28-53(32-37-17-18-37)26-9-8-25-52(27-11-23-50)31-36-15-16-36)44-40-29-42(56)45-47(5)21-20-41(55)34(3)39(47)19-22-48(45,6)49(40,7)30-43(44)58-35(4)54/h33-34,36-45,55-56H,8-32,50H2,1-7H3,(H,51,57)/t34-,38+,39?,40?,41+,42+,43+,44+,45?,47+,48-,49+/m1/s1. The van der Waals surface area contributed by atoms with Crippen molar-refractivity contribution in [2.75, 3.05) is 52.4 Å². The molecule has 6 saturated carbocycles. The molecular weight excluding hydrogens is 725 g/mol. The molecule has 334 valence electrons. The summed E-state index contributed by atoms with van der Waals surface area (Å²) >= 11 is 0. The number of nitrogens with zero attached hydrogens (tertiary/aromatic N) is 2. The van der Waals surface area contributed by atoms with Gasteiger partial charge in [-0.1, -0.05) is 54.4 Å². The van der Waals surface area contributed by atoms with Crippen molar-refractivity contribution in [3.63, 3.8) is 0 Å². The zero-order valence-electron chi connectivity index (χ0n) is 38.2. The molecule has 0 heterocycles. The van der Waals surface area contributed by atoms with E-state index in [9.17, 15) is 19.8 Å². The Bertz CT molecular complexity index is 1340.